The van der Waals surface area contributed by atoms with Gasteiger partial charge >= 0.3 is 6.09 Å². The molecule has 0 aliphatic carbocycles. The molecular formula is C33H37N3O2. The van der Waals surface area contributed by atoms with E-state index in [1.54, 1.807) is 0 Å². The third kappa shape index (κ3) is 6.24. The molecule has 0 saturated carbocycles. The molecule has 196 valence electrons. The van der Waals surface area contributed by atoms with E-state index in [1.165, 1.54) is 16.3 Å². The maximum atomic E-state index is 12.7. The van der Waals surface area contributed by atoms with E-state index in [4.69, 9.17) is 4.74 Å². The average Bonchev–Trinajstić information content (AvgIpc) is 2.96. The third-order valence-electron chi connectivity index (χ3n) is 7.76. The first-order chi connectivity index (χ1) is 18.6. The van der Waals surface area contributed by atoms with Gasteiger partial charge in [-0.25, -0.2) is 4.79 Å². The molecule has 4 aromatic rings. The lowest BCUT2D eigenvalue weighted by Crippen LogP contribution is -2.42. The summed E-state index contributed by atoms with van der Waals surface area (Å²) in [5, 5.41) is 5.59. The van der Waals surface area contributed by atoms with Crippen LogP contribution < -0.4 is 5.32 Å². The van der Waals surface area contributed by atoms with Gasteiger partial charge in [-0.05, 0) is 54.8 Å². The molecule has 5 nitrogen and oxygen atoms in total. The highest BCUT2D eigenvalue weighted by Gasteiger charge is 2.23. The van der Waals surface area contributed by atoms with Gasteiger partial charge in [0.05, 0.1) is 5.69 Å². The number of fused-ring (bicyclic) bond motifs is 1. The molecule has 0 spiro atoms. The number of likely N-dealkylation sites (N-methyl/N-ethyl adjacent to an activating group) is 1. The quantitative estimate of drug-likeness (QED) is 0.274. The Morgan fingerprint density at radius 3 is 2.42 bits per heavy atom. The Balaban J connectivity index is 1.09. The highest BCUT2D eigenvalue weighted by atomic mass is 16.6. The number of anilines is 1. The first-order valence-corrected chi connectivity index (χ1v) is 13.6. The van der Waals surface area contributed by atoms with Crippen molar-refractivity contribution in [3.8, 4) is 11.1 Å². The number of nitrogens with one attached hydrogen (secondary N) is 1. The summed E-state index contributed by atoms with van der Waals surface area (Å²) in [6, 6.07) is 33.5. The number of nitrogens with zero attached hydrogens (tertiary/aromatic N) is 2. The summed E-state index contributed by atoms with van der Waals surface area (Å²) in [5.74, 6) is 0. The van der Waals surface area contributed by atoms with Gasteiger partial charge in [-0.2, -0.15) is 0 Å². The standard InChI is InChI=1S/C33H37N3O2/c1-25(29-17-10-14-26-13-6-7-15-30(26)29)35(2)23-24-36-21-19-28(20-22-36)38-33(37)34-32-18-9-8-16-31(32)27-11-4-3-5-12-27/h3-18,25,28H,19-24H2,1-2H3,(H,34,37)/t25-/m1/s1. The number of likely N-dealkylation sites (tertiary alicyclic amines) is 1. The smallest absolute Gasteiger partial charge is 0.411 e. The van der Waals surface area contributed by atoms with Gasteiger partial charge in [-0.3, -0.25) is 10.2 Å². The van der Waals surface area contributed by atoms with Crippen LogP contribution in [0.25, 0.3) is 21.9 Å². The molecule has 1 aliphatic rings. The van der Waals surface area contributed by atoms with E-state index in [0.717, 1.165) is 55.8 Å². The zero-order chi connectivity index (χ0) is 26.3. The molecule has 5 rings (SSSR count). The van der Waals surface area contributed by atoms with Crippen LogP contribution >= 0.6 is 0 Å². The number of rotatable bonds is 8. The molecule has 1 N–H and O–H groups in total. The largest absolute Gasteiger partial charge is 0.446 e. The van der Waals surface area contributed by atoms with Crippen LogP contribution in [0.4, 0.5) is 10.5 Å². The van der Waals surface area contributed by atoms with Gasteiger partial charge in [0.1, 0.15) is 6.10 Å². The van der Waals surface area contributed by atoms with Crippen molar-refractivity contribution in [3.05, 3.63) is 103 Å². The second kappa shape index (κ2) is 12.2. The molecule has 0 unspecified atom stereocenters. The van der Waals surface area contributed by atoms with E-state index in [9.17, 15) is 4.79 Å². The van der Waals surface area contributed by atoms with Gasteiger partial charge in [-0.15, -0.1) is 0 Å². The van der Waals surface area contributed by atoms with Crippen LogP contribution in [0.3, 0.4) is 0 Å². The predicted octanol–water partition coefficient (Wildman–Crippen LogP) is 7.21. The van der Waals surface area contributed by atoms with Crippen LogP contribution in [0.5, 0.6) is 0 Å². The van der Waals surface area contributed by atoms with Gasteiger partial charge in [0, 0.05) is 37.8 Å². The number of hydrogen-bond donors (Lipinski definition) is 1. The fourth-order valence-electron chi connectivity index (χ4n) is 5.35. The van der Waals surface area contributed by atoms with E-state index in [1.807, 2.05) is 54.6 Å². The number of carbonyl (C=O) groups excluding carboxylic acids is 1. The molecule has 1 aliphatic heterocycles. The highest BCUT2D eigenvalue weighted by molar-refractivity contribution is 5.91. The lowest BCUT2D eigenvalue weighted by molar-refractivity contribution is 0.0553. The SMILES string of the molecule is C[C@H](c1cccc2ccccc12)N(C)CCN1CCC(OC(=O)Nc2ccccc2-c2ccccc2)CC1. The van der Waals surface area contributed by atoms with E-state index >= 15 is 0 Å². The van der Waals surface area contributed by atoms with Crippen LogP contribution in [-0.4, -0.2) is 55.2 Å². The zero-order valence-corrected chi connectivity index (χ0v) is 22.3. The van der Waals surface area contributed by atoms with Crippen LogP contribution in [-0.2, 0) is 4.74 Å². The Labute approximate surface area is 226 Å². The molecule has 1 atom stereocenters. The molecule has 5 heteroatoms. The topological polar surface area (TPSA) is 44.8 Å². The van der Waals surface area contributed by atoms with Crippen molar-refractivity contribution in [2.75, 3.05) is 38.5 Å². The number of piperidine rings is 1. The molecule has 4 aromatic carbocycles. The minimum absolute atomic E-state index is 0.0533. The Kier molecular flexibility index (Phi) is 8.37. The molecule has 0 bridgehead atoms. The molecule has 1 saturated heterocycles. The number of para-hydroxylation sites is 1. The first kappa shape index (κ1) is 26.0. The molecule has 1 heterocycles. The zero-order valence-electron chi connectivity index (χ0n) is 22.3. The summed E-state index contributed by atoms with van der Waals surface area (Å²) in [6.45, 7) is 6.17. The number of hydrogen-bond acceptors (Lipinski definition) is 4. The van der Waals surface area contributed by atoms with Crippen LogP contribution in [0, 0.1) is 0 Å². The molecule has 0 aromatic heterocycles. The van der Waals surface area contributed by atoms with Gasteiger partial charge in [0.15, 0.2) is 0 Å². The monoisotopic (exact) mass is 507 g/mol. The lowest BCUT2D eigenvalue weighted by atomic mass is 9.99. The summed E-state index contributed by atoms with van der Waals surface area (Å²) >= 11 is 0. The molecule has 38 heavy (non-hydrogen) atoms. The lowest BCUT2D eigenvalue weighted by Gasteiger charge is -2.34. The number of amides is 1. The summed E-state index contributed by atoms with van der Waals surface area (Å²) in [7, 11) is 2.21. The summed E-state index contributed by atoms with van der Waals surface area (Å²) in [4.78, 5) is 17.6. The Morgan fingerprint density at radius 1 is 0.921 bits per heavy atom. The molecular weight excluding hydrogens is 470 g/mol. The first-order valence-electron chi connectivity index (χ1n) is 13.6. The summed E-state index contributed by atoms with van der Waals surface area (Å²) < 4.78 is 5.81. The van der Waals surface area contributed by atoms with Crippen molar-refractivity contribution in [2.24, 2.45) is 0 Å². The van der Waals surface area contributed by atoms with E-state index < -0.39 is 0 Å². The molecule has 1 fully saturated rings. The third-order valence-corrected chi connectivity index (χ3v) is 7.76. The van der Waals surface area contributed by atoms with Crippen molar-refractivity contribution in [1.29, 1.82) is 0 Å². The maximum absolute atomic E-state index is 12.7. The number of benzene rings is 4. The number of ether oxygens (including phenoxy) is 1. The highest BCUT2D eigenvalue weighted by Crippen LogP contribution is 2.29. The number of carbonyl (C=O) groups is 1. The van der Waals surface area contributed by atoms with Gasteiger partial charge in [0.25, 0.3) is 0 Å². The van der Waals surface area contributed by atoms with Crippen LogP contribution in [0.15, 0.2) is 97.1 Å². The predicted molar refractivity (Wildman–Crippen MR) is 156 cm³/mol. The molecule has 1 amide bonds. The van der Waals surface area contributed by atoms with Crippen LogP contribution in [0.2, 0.25) is 0 Å². The maximum Gasteiger partial charge on any atom is 0.411 e. The summed E-state index contributed by atoms with van der Waals surface area (Å²) in [5.41, 5.74) is 4.19. The van der Waals surface area contributed by atoms with Crippen LogP contribution in [0.1, 0.15) is 31.4 Å². The van der Waals surface area contributed by atoms with Crippen molar-refractivity contribution in [3.63, 3.8) is 0 Å². The van der Waals surface area contributed by atoms with Crippen molar-refractivity contribution in [1.82, 2.24) is 9.80 Å². The second-order valence-electron chi connectivity index (χ2n) is 10.2. The van der Waals surface area contributed by atoms with E-state index in [-0.39, 0.29) is 12.2 Å². The molecule has 0 radical (unpaired) electrons. The Bertz CT molecular complexity index is 1340. The van der Waals surface area contributed by atoms with Crippen molar-refractivity contribution >= 4 is 22.6 Å². The average molecular weight is 508 g/mol. The van der Waals surface area contributed by atoms with E-state index in [2.05, 4.69) is 71.6 Å². The van der Waals surface area contributed by atoms with Gasteiger partial charge in [0.2, 0.25) is 0 Å². The Morgan fingerprint density at radius 2 is 1.61 bits per heavy atom. The van der Waals surface area contributed by atoms with Gasteiger partial charge in [-0.1, -0.05) is 91.0 Å². The van der Waals surface area contributed by atoms with Gasteiger partial charge < -0.3 is 9.64 Å². The minimum Gasteiger partial charge on any atom is -0.446 e. The van der Waals surface area contributed by atoms with Crippen molar-refractivity contribution in [2.45, 2.75) is 31.9 Å². The minimum atomic E-state index is -0.379. The summed E-state index contributed by atoms with van der Waals surface area (Å²) in [6.07, 6.45) is 1.28. The van der Waals surface area contributed by atoms with E-state index in [0.29, 0.717) is 6.04 Å². The Hall–Kier alpha value is -3.67. The van der Waals surface area contributed by atoms with Crippen molar-refractivity contribution < 1.29 is 9.53 Å². The second-order valence-corrected chi connectivity index (χ2v) is 10.2. The fourth-order valence-corrected chi connectivity index (χ4v) is 5.35. The normalized spacial score (nSPS) is 15.4. The fraction of sp³-hybridized carbons (Fsp3) is 0.303.